The zero-order valence-corrected chi connectivity index (χ0v) is 17.1. The van der Waals surface area contributed by atoms with Crippen LogP contribution in [0.4, 0.5) is 5.69 Å². The molecule has 2 amide bonds. The van der Waals surface area contributed by atoms with Crippen LogP contribution in [0.3, 0.4) is 0 Å². The van der Waals surface area contributed by atoms with Crippen LogP contribution in [0.15, 0.2) is 42.5 Å². The third-order valence-electron chi connectivity index (χ3n) is 5.81. The Morgan fingerprint density at radius 2 is 1.61 bits per heavy atom. The van der Waals surface area contributed by atoms with Gasteiger partial charge in [0.15, 0.2) is 0 Å². The van der Waals surface area contributed by atoms with Crippen LogP contribution in [-0.4, -0.2) is 29.8 Å². The highest BCUT2D eigenvalue weighted by atomic mass is 16.2. The highest BCUT2D eigenvalue weighted by Gasteiger charge is 2.28. The summed E-state index contributed by atoms with van der Waals surface area (Å²) in [6.45, 7) is 7.47. The Kier molecular flexibility index (Phi) is 6.50. The summed E-state index contributed by atoms with van der Waals surface area (Å²) in [6, 6.07) is 14.1. The number of nitrogens with zero attached hydrogens (tertiary/aromatic N) is 1. The standard InChI is InChI=1S/C24H30N2O2/c1-4-19-11-7-9-18(3)23(19)25-24(28)20-12-14-26(15-13-20)22(27)16-21-10-6-5-8-17(21)2/h5-11,20H,4,12-16H2,1-3H3,(H,25,28). The normalized spacial score (nSPS) is 14.8. The van der Waals surface area contributed by atoms with E-state index in [0.29, 0.717) is 19.5 Å². The van der Waals surface area contributed by atoms with Crippen molar-refractivity contribution in [3.05, 3.63) is 64.7 Å². The highest BCUT2D eigenvalue weighted by molar-refractivity contribution is 5.94. The molecule has 0 saturated carbocycles. The number of carbonyl (C=O) groups is 2. The number of likely N-dealkylation sites (tertiary alicyclic amines) is 1. The van der Waals surface area contributed by atoms with E-state index >= 15 is 0 Å². The third kappa shape index (κ3) is 4.61. The second kappa shape index (κ2) is 9.05. The van der Waals surface area contributed by atoms with E-state index in [1.54, 1.807) is 0 Å². The van der Waals surface area contributed by atoms with Gasteiger partial charge >= 0.3 is 0 Å². The molecule has 0 aromatic heterocycles. The van der Waals surface area contributed by atoms with Crippen molar-refractivity contribution < 1.29 is 9.59 Å². The van der Waals surface area contributed by atoms with Crippen LogP contribution < -0.4 is 5.32 Å². The number of rotatable bonds is 5. The zero-order chi connectivity index (χ0) is 20.1. The Bertz CT molecular complexity index is 851. The first-order chi connectivity index (χ1) is 13.5. The van der Waals surface area contributed by atoms with Gasteiger partial charge < -0.3 is 10.2 Å². The molecule has 0 aliphatic carbocycles. The maximum absolute atomic E-state index is 12.8. The molecular weight excluding hydrogens is 348 g/mol. The first kappa shape index (κ1) is 20.1. The molecule has 0 spiro atoms. The van der Waals surface area contributed by atoms with E-state index in [1.165, 1.54) is 5.56 Å². The van der Waals surface area contributed by atoms with Gasteiger partial charge in [-0.2, -0.15) is 0 Å². The molecule has 0 atom stereocenters. The minimum atomic E-state index is -0.0353. The lowest BCUT2D eigenvalue weighted by atomic mass is 9.94. The first-order valence-corrected chi connectivity index (χ1v) is 10.2. The molecule has 0 unspecified atom stereocenters. The Labute approximate surface area is 167 Å². The molecule has 1 aliphatic rings. The molecule has 28 heavy (non-hydrogen) atoms. The largest absolute Gasteiger partial charge is 0.342 e. The predicted molar refractivity (Wildman–Crippen MR) is 113 cm³/mol. The summed E-state index contributed by atoms with van der Waals surface area (Å²) in [4.78, 5) is 27.3. The summed E-state index contributed by atoms with van der Waals surface area (Å²) < 4.78 is 0. The van der Waals surface area contributed by atoms with Crippen molar-refractivity contribution in [1.29, 1.82) is 0 Å². The number of carbonyl (C=O) groups excluding carboxylic acids is 2. The van der Waals surface area contributed by atoms with Gasteiger partial charge in [-0.3, -0.25) is 9.59 Å². The van der Waals surface area contributed by atoms with Crippen molar-refractivity contribution in [2.75, 3.05) is 18.4 Å². The Balaban J connectivity index is 1.56. The number of piperidine rings is 1. The molecule has 1 fully saturated rings. The van der Waals surface area contributed by atoms with E-state index in [-0.39, 0.29) is 17.7 Å². The van der Waals surface area contributed by atoms with E-state index in [2.05, 4.69) is 18.3 Å². The van der Waals surface area contributed by atoms with Crippen molar-refractivity contribution in [2.24, 2.45) is 5.92 Å². The lowest BCUT2D eigenvalue weighted by Gasteiger charge is -2.32. The van der Waals surface area contributed by atoms with Crippen molar-refractivity contribution in [1.82, 2.24) is 4.90 Å². The van der Waals surface area contributed by atoms with E-state index in [0.717, 1.165) is 41.6 Å². The highest BCUT2D eigenvalue weighted by Crippen LogP contribution is 2.25. The molecule has 1 heterocycles. The van der Waals surface area contributed by atoms with E-state index < -0.39 is 0 Å². The minimum Gasteiger partial charge on any atom is -0.342 e. The maximum Gasteiger partial charge on any atom is 0.227 e. The van der Waals surface area contributed by atoms with Crippen LogP contribution in [0.5, 0.6) is 0 Å². The molecule has 4 nitrogen and oxygen atoms in total. The van der Waals surface area contributed by atoms with Crippen LogP contribution in [0, 0.1) is 19.8 Å². The first-order valence-electron chi connectivity index (χ1n) is 10.2. The summed E-state index contributed by atoms with van der Waals surface area (Å²) in [5.74, 6) is 0.196. The molecule has 148 valence electrons. The monoisotopic (exact) mass is 378 g/mol. The number of amides is 2. The Morgan fingerprint density at radius 1 is 0.964 bits per heavy atom. The second-order valence-electron chi connectivity index (χ2n) is 7.71. The van der Waals surface area contributed by atoms with Crippen LogP contribution >= 0.6 is 0 Å². The number of aryl methyl sites for hydroxylation is 3. The molecule has 1 saturated heterocycles. The fourth-order valence-electron chi connectivity index (χ4n) is 3.90. The number of para-hydroxylation sites is 1. The van der Waals surface area contributed by atoms with Gasteiger partial charge in [-0.15, -0.1) is 0 Å². The van der Waals surface area contributed by atoms with Gasteiger partial charge in [0.2, 0.25) is 11.8 Å². The second-order valence-corrected chi connectivity index (χ2v) is 7.71. The maximum atomic E-state index is 12.8. The SMILES string of the molecule is CCc1cccc(C)c1NC(=O)C1CCN(C(=O)Cc2ccccc2C)CC1. The molecule has 1 aliphatic heterocycles. The molecule has 3 rings (SSSR count). The lowest BCUT2D eigenvalue weighted by Crippen LogP contribution is -2.42. The van der Waals surface area contributed by atoms with Gasteiger partial charge in [-0.1, -0.05) is 49.4 Å². The summed E-state index contributed by atoms with van der Waals surface area (Å²) in [5.41, 5.74) is 5.44. The smallest absolute Gasteiger partial charge is 0.227 e. The van der Waals surface area contributed by atoms with E-state index in [1.807, 2.05) is 55.1 Å². The summed E-state index contributed by atoms with van der Waals surface area (Å²) in [7, 11) is 0. The summed E-state index contributed by atoms with van der Waals surface area (Å²) in [6.07, 6.45) is 2.77. The van der Waals surface area contributed by atoms with Gasteiger partial charge in [0.05, 0.1) is 6.42 Å². The quantitative estimate of drug-likeness (QED) is 0.844. The Morgan fingerprint density at radius 3 is 2.29 bits per heavy atom. The number of nitrogens with one attached hydrogen (secondary N) is 1. The van der Waals surface area contributed by atoms with Gasteiger partial charge in [-0.05, 0) is 55.4 Å². The number of anilines is 1. The number of hydrogen-bond acceptors (Lipinski definition) is 2. The van der Waals surface area contributed by atoms with Gasteiger partial charge in [-0.25, -0.2) is 0 Å². The molecule has 0 radical (unpaired) electrons. The molecule has 4 heteroatoms. The Hall–Kier alpha value is -2.62. The van der Waals surface area contributed by atoms with Crippen molar-refractivity contribution >= 4 is 17.5 Å². The van der Waals surface area contributed by atoms with E-state index in [4.69, 9.17) is 0 Å². The fraction of sp³-hybridized carbons (Fsp3) is 0.417. The summed E-state index contributed by atoms with van der Waals surface area (Å²) in [5, 5.41) is 3.15. The third-order valence-corrected chi connectivity index (χ3v) is 5.81. The number of hydrogen-bond donors (Lipinski definition) is 1. The average molecular weight is 379 g/mol. The zero-order valence-electron chi connectivity index (χ0n) is 17.1. The lowest BCUT2D eigenvalue weighted by molar-refractivity contribution is -0.133. The van der Waals surface area contributed by atoms with Crippen LogP contribution in [0.1, 0.15) is 42.0 Å². The van der Waals surface area contributed by atoms with Crippen LogP contribution in [0.25, 0.3) is 0 Å². The molecule has 0 bridgehead atoms. The van der Waals surface area contributed by atoms with Gasteiger partial charge in [0.25, 0.3) is 0 Å². The minimum absolute atomic E-state index is 0.0353. The van der Waals surface area contributed by atoms with Crippen molar-refractivity contribution in [3.63, 3.8) is 0 Å². The topological polar surface area (TPSA) is 49.4 Å². The molecule has 2 aromatic carbocycles. The van der Waals surface area contributed by atoms with Gasteiger partial charge in [0, 0.05) is 24.7 Å². The fourth-order valence-corrected chi connectivity index (χ4v) is 3.90. The number of benzene rings is 2. The van der Waals surface area contributed by atoms with Crippen molar-refractivity contribution in [3.8, 4) is 0 Å². The van der Waals surface area contributed by atoms with Crippen LogP contribution in [-0.2, 0) is 22.4 Å². The van der Waals surface area contributed by atoms with E-state index in [9.17, 15) is 9.59 Å². The predicted octanol–water partition coefficient (Wildman–Crippen LogP) is 4.29. The average Bonchev–Trinajstić information content (AvgIpc) is 2.71. The molecular formula is C24H30N2O2. The van der Waals surface area contributed by atoms with Gasteiger partial charge in [0.1, 0.15) is 0 Å². The molecule has 1 N–H and O–H groups in total. The molecule has 2 aromatic rings. The van der Waals surface area contributed by atoms with Crippen LogP contribution in [0.2, 0.25) is 0 Å². The van der Waals surface area contributed by atoms with Crippen molar-refractivity contribution in [2.45, 2.75) is 46.5 Å². The summed E-state index contributed by atoms with van der Waals surface area (Å²) >= 11 is 0.